The van der Waals surface area contributed by atoms with Crippen molar-refractivity contribution in [3.63, 3.8) is 0 Å². The van der Waals surface area contributed by atoms with Crippen LogP contribution in [-0.2, 0) is 10.2 Å². The first-order valence-electron chi connectivity index (χ1n) is 8.86. The molecule has 2 fully saturated rings. The highest BCUT2D eigenvalue weighted by Crippen LogP contribution is 2.38. The lowest BCUT2D eigenvalue weighted by molar-refractivity contribution is -0.139. The third-order valence-electron chi connectivity index (χ3n) is 5.20. The lowest BCUT2D eigenvalue weighted by Gasteiger charge is -2.47. The second-order valence-electron chi connectivity index (χ2n) is 8.17. The van der Waals surface area contributed by atoms with E-state index in [0.29, 0.717) is 5.41 Å². The van der Waals surface area contributed by atoms with Crippen molar-refractivity contribution in [3.05, 3.63) is 23.9 Å². The van der Waals surface area contributed by atoms with Crippen molar-refractivity contribution in [2.45, 2.75) is 45.4 Å². The van der Waals surface area contributed by atoms with E-state index in [4.69, 9.17) is 9.47 Å². The number of rotatable bonds is 5. The van der Waals surface area contributed by atoms with Crippen LogP contribution in [0.25, 0.3) is 0 Å². The molecule has 2 saturated heterocycles. The van der Waals surface area contributed by atoms with Gasteiger partial charge in [-0.2, -0.15) is 0 Å². The van der Waals surface area contributed by atoms with E-state index >= 15 is 0 Å². The summed E-state index contributed by atoms with van der Waals surface area (Å²) in [6.07, 6.45) is 5.58. The average molecular weight is 318 g/mol. The zero-order chi connectivity index (χ0) is 16.3. The van der Waals surface area contributed by atoms with Crippen LogP contribution in [0.2, 0.25) is 0 Å². The normalized spacial score (nSPS) is 21.2. The Balaban J connectivity index is 1.34. The summed E-state index contributed by atoms with van der Waals surface area (Å²) in [5, 5.41) is 0. The van der Waals surface area contributed by atoms with E-state index in [1.165, 1.54) is 31.5 Å². The van der Waals surface area contributed by atoms with Gasteiger partial charge in [0.15, 0.2) is 0 Å². The fourth-order valence-corrected chi connectivity index (χ4v) is 3.30. The van der Waals surface area contributed by atoms with Crippen LogP contribution in [0.3, 0.4) is 0 Å². The lowest BCUT2D eigenvalue weighted by atomic mass is 9.77. The maximum absolute atomic E-state index is 5.78. The highest BCUT2D eigenvalue weighted by atomic mass is 16.5. The number of piperidine rings is 1. The molecular weight excluding hydrogens is 288 g/mol. The summed E-state index contributed by atoms with van der Waals surface area (Å²) < 4.78 is 11.2. The Labute approximate surface area is 140 Å². The minimum absolute atomic E-state index is 0.141. The topological polar surface area (TPSA) is 34.6 Å². The van der Waals surface area contributed by atoms with Crippen molar-refractivity contribution in [1.29, 1.82) is 0 Å². The summed E-state index contributed by atoms with van der Waals surface area (Å²) in [4.78, 5) is 6.98. The highest BCUT2D eigenvalue weighted by molar-refractivity contribution is 5.23. The monoisotopic (exact) mass is 318 g/mol. The zero-order valence-electron chi connectivity index (χ0n) is 14.8. The van der Waals surface area contributed by atoms with Crippen LogP contribution in [0, 0.1) is 5.41 Å². The van der Waals surface area contributed by atoms with Crippen molar-refractivity contribution in [1.82, 2.24) is 9.88 Å². The van der Waals surface area contributed by atoms with Gasteiger partial charge < -0.3 is 14.4 Å². The van der Waals surface area contributed by atoms with Crippen molar-refractivity contribution in [2.75, 3.05) is 39.5 Å². The highest BCUT2D eigenvalue weighted by Gasteiger charge is 2.40. The number of likely N-dealkylation sites (tertiary alicyclic amines) is 1. The summed E-state index contributed by atoms with van der Waals surface area (Å²) in [6.45, 7) is 12.9. The number of aromatic nitrogens is 1. The number of ether oxygens (including phenoxy) is 2. The van der Waals surface area contributed by atoms with E-state index in [1.807, 2.05) is 12.3 Å². The molecule has 1 aromatic rings. The molecular formula is C19H30N2O2. The molecule has 0 saturated carbocycles. The maximum atomic E-state index is 5.78. The first-order valence-corrected chi connectivity index (χ1v) is 8.86. The number of pyridine rings is 1. The largest absolute Gasteiger partial charge is 0.478 e. The third-order valence-corrected chi connectivity index (χ3v) is 5.20. The molecule has 0 aromatic carbocycles. The van der Waals surface area contributed by atoms with Gasteiger partial charge in [0.25, 0.3) is 0 Å². The van der Waals surface area contributed by atoms with Gasteiger partial charge in [0.2, 0.25) is 5.88 Å². The molecule has 3 heterocycles. The van der Waals surface area contributed by atoms with Gasteiger partial charge in [-0.05, 0) is 43.3 Å². The van der Waals surface area contributed by atoms with Crippen LogP contribution in [-0.4, -0.2) is 49.3 Å². The van der Waals surface area contributed by atoms with Gasteiger partial charge in [-0.25, -0.2) is 4.98 Å². The molecule has 0 amide bonds. The molecule has 4 heteroatoms. The Morgan fingerprint density at radius 2 is 1.96 bits per heavy atom. The minimum atomic E-state index is 0.141. The van der Waals surface area contributed by atoms with E-state index in [1.54, 1.807) is 0 Å². The summed E-state index contributed by atoms with van der Waals surface area (Å²) in [6, 6.07) is 4.11. The first kappa shape index (κ1) is 16.7. The first-order chi connectivity index (χ1) is 11.0. The summed E-state index contributed by atoms with van der Waals surface area (Å²) in [5.74, 6) is 0.738. The van der Waals surface area contributed by atoms with Crippen LogP contribution in [0.5, 0.6) is 5.88 Å². The zero-order valence-corrected chi connectivity index (χ0v) is 14.8. The minimum Gasteiger partial charge on any atom is -0.478 e. The molecule has 0 unspecified atom stereocenters. The van der Waals surface area contributed by atoms with Gasteiger partial charge in [0, 0.05) is 24.2 Å². The lowest BCUT2D eigenvalue weighted by Crippen LogP contribution is -2.51. The van der Waals surface area contributed by atoms with Crippen LogP contribution < -0.4 is 4.74 Å². The van der Waals surface area contributed by atoms with Gasteiger partial charge in [-0.3, -0.25) is 0 Å². The molecule has 2 aliphatic heterocycles. The van der Waals surface area contributed by atoms with Crippen molar-refractivity contribution in [2.24, 2.45) is 5.41 Å². The van der Waals surface area contributed by atoms with E-state index < -0.39 is 0 Å². The fraction of sp³-hybridized carbons (Fsp3) is 0.737. The molecule has 3 rings (SSSR count). The molecule has 2 aliphatic rings. The Bertz CT molecular complexity index is 493. The van der Waals surface area contributed by atoms with Crippen LogP contribution in [0.1, 0.15) is 45.6 Å². The maximum Gasteiger partial charge on any atom is 0.213 e. The molecule has 128 valence electrons. The quantitative estimate of drug-likeness (QED) is 0.781. The predicted octanol–water partition coefficient (Wildman–Crippen LogP) is 3.26. The summed E-state index contributed by atoms with van der Waals surface area (Å²) >= 11 is 0. The SMILES string of the molecule is CC(C)(C)c1ccc(OCCCN2CCC3(CC2)COC3)nc1. The molecule has 4 nitrogen and oxygen atoms in total. The van der Waals surface area contributed by atoms with E-state index in [-0.39, 0.29) is 5.41 Å². The summed E-state index contributed by atoms with van der Waals surface area (Å²) in [5.41, 5.74) is 1.92. The molecule has 1 spiro atoms. The van der Waals surface area contributed by atoms with Crippen molar-refractivity contribution >= 4 is 0 Å². The number of hydrogen-bond acceptors (Lipinski definition) is 4. The average Bonchev–Trinajstić information content (AvgIpc) is 2.50. The molecule has 0 bridgehead atoms. The standard InChI is InChI=1S/C19H30N2O2/c1-18(2,3)16-5-6-17(20-13-16)23-12-4-9-21-10-7-19(8-11-21)14-22-15-19/h5-6,13H,4,7-12,14-15H2,1-3H3. The van der Waals surface area contributed by atoms with E-state index in [9.17, 15) is 0 Å². The van der Waals surface area contributed by atoms with Crippen molar-refractivity contribution in [3.8, 4) is 5.88 Å². The smallest absolute Gasteiger partial charge is 0.213 e. The Hall–Kier alpha value is -1.13. The molecule has 1 aromatic heterocycles. The summed E-state index contributed by atoms with van der Waals surface area (Å²) in [7, 11) is 0. The number of hydrogen-bond donors (Lipinski definition) is 0. The molecule has 0 aliphatic carbocycles. The molecule has 0 atom stereocenters. The predicted molar refractivity (Wildman–Crippen MR) is 92.0 cm³/mol. The molecule has 0 N–H and O–H groups in total. The van der Waals surface area contributed by atoms with Crippen LogP contribution in [0.4, 0.5) is 0 Å². The van der Waals surface area contributed by atoms with E-state index in [0.717, 1.165) is 38.7 Å². The van der Waals surface area contributed by atoms with Gasteiger partial charge in [0.1, 0.15) is 0 Å². The van der Waals surface area contributed by atoms with Gasteiger partial charge in [-0.15, -0.1) is 0 Å². The number of nitrogens with zero attached hydrogens (tertiary/aromatic N) is 2. The van der Waals surface area contributed by atoms with Crippen molar-refractivity contribution < 1.29 is 9.47 Å². The van der Waals surface area contributed by atoms with Gasteiger partial charge in [0.05, 0.1) is 19.8 Å². The second-order valence-corrected chi connectivity index (χ2v) is 8.17. The Kier molecular flexibility index (Phi) is 4.93. The van der Waals surface area contributed by atoms with Gasteiger partial charge in [-0.1, -0.05) is 26.8 Å². The Morgan fingerprint density at radius 3 is 2.48 bits per heavy atom. The Morgan fingerprint density at radius 1 is 1.22 bits per heavy atom. The fourth-order valence-electron chi connectivity index (χ4n) is 3.30. The molecule has 23 heavy (non-hydrogen) atoms. The molecule has 0 radical (unpaired) electrons. The van der Waals surface area contributed by atoms with Crippen LogP contribution in [0.15, 0.2) is 18.3 Å². The second kappa shape index (κ2) is 6.78. The van der Waals surface area contributed by atoms with Gasteiger partial charge >= 0.3 is 0 Å². The van der Waals surface area contributed by atoms with Crippen LogP contribution >= 0.6 is 0 Å². The van der Waals surface area contributed by atoms with E-state index in [2.05, 4.69) is 36.7 Å². The third kappa shape index (κ3) is 4.24.